The molecule has 1 atom stereocenters. The van der Waals surface area contributed by atoms with E-state index in [1.165, 1.54) is 0 Å². The number of aliphatic carboxylic acids is 1. The van der Waals surface area contributed by atoms with Crippen LogP contribution in [-0.4, -0.2) is 76.5 Å². The standard InChI is InChI=1S/C15H7F21O2/c1-4(16)7(19,20)9(23,24)11(27,28)13(31,32)15(35,36)14(33,34)12(29,30)10(25,26)8(21,22)6(17,18)3-2-5(37)38/h2-4H,1H3,(H,37,38). The maximum absolute atomic E-state index is 13.6. The van der Waals surface area contributed by atoms with Gasteiger partial charge in [-0.2, -0.15) is 87.8 Å². The monoisotopic (exact) mass is 618 g/mol. The second-order valence-electron chi connectivity index (χ2n) is 7.13. The van der Waals surface area contributed by atoms with E-state index in [1.54, 1.807) is 0 Å². The molecule has 0 radical (unpaired) electrons. The number of hydrogen-bond donors (Lipinski definition) is 1. The zero-order valence-electron chi connectivity index (χ0n) is 17.0. The molecule has 0 rings (SSSR count). The largest absolute Gasteiger partial charge is 0.478 e. The molecule has 0 aliphatic carbocycles. The minimum atomic E-state index is -9.21. The van der Waals surface area contributed by atoms with Crippen LogP contribution in [0.3, 0.4) is 0 Å². The lowest BCUT2D eigenvalue weighted by molar-refractivity contribution is -0.468. The Bertz CT molecular complexity index is 916. The Kier molecular flexibility index (Phi) is 8.61. The highest BCUT2D eigenvalue weighted by molar-refractivity contribution is 5.79. The number of halogens is 21. The molecule has 1 N–H and O–H groups in total. The van der Waals surface area contributed by atoms with Crippen molar-refractivity contribution in [2.24, 2.45) is 0 Å². The van der Waals surface area contributed by atoms with Gasteiger partial charge in [-0.1, -0.05) is 0 Å². The van der Waals surface area contributed by atoms with Gasteiger partial charge >= 0.3 is 65.2 Å². The first kappa shape index (κ1) is 35.7. The molecule has 0 aromatic heterocycles. The molecular weight excluding hydrogens is 611 g/mol. The first-order chi connectivity index (χ1) is 16.1. The Morgan fingerprint density at radius 1 is 0.526 bits per heavy atom. The molecule has 1 unspecified atom stereocenters. The SMILES string of the molecule is CC(F)C(F)(F)C(F)(F)C(F)(F)C(F)(F)C(F)(F)C(F)(F)C(F)(F)C(F)(F)C(F)(F)C(F)(F)C=CC(=O)O. The molecule has 38 heavy (non-hydrogen) atoms. The van der Waals surface area contributed by atoms with Crippen LogP contribution in [0, 0.1) is 0 Å². The molecule has 0 aliphatic rings. The minimum absolute atomic E-state index is 0.815. The fourth-order valence-corrected chi connectivity index (χ4v) is 2.13. The fourth-order valence-electron chi connectivity index (χ4n) is 2.13. The Labute approximate surface area is 194 Å². The molecule has 23 heteroatoms. The van der Waals surface area contributed by atoms with E-state index >= 15 is 0 Å². The van der Waals surface area contributed by atoms with Gasteiger partial charge in [-0.15, -0.1) is 0 Å². The number of alkyl halides is 21. The number of rotatable bonds is 12. The average molecular weight is 618 g/mol. The van der Waals surface area contributed by atoms with E-state index in [-0.39, 0.29) is 0 Å². The third kappa shape index (κ3) is 4.39. The van der Waals surface area contributed by atoms with Gasteiger partial charge in [0.1, 0.15) is 0 Å². The summed E-state index contributed by atoms with van der Waals surface area (Å²) in [6.07, 6.45) is -7.85. The lowest BCUT2D eigenvalue weighted by atomic mass is 9.85. The lowest BCUT2D eigenvalue weighted by Gasteiger charge is -2.45. The van der Waals surface area contributed by atoms with E-state index in [2.05, 4.69) is 0 Å². The topological polar surface area (TPSA) is 37.3 Å². The van der Waals surface area contributed by atoms with Gasteiger partial charge in [-0.05, 0) is 13.0 Å². The zero-order valence-corrected chi connectivity index (χ0v) is 17.0. The second kappa shape index (κ2) is 9.15. The smallest absolute Gasteiger partial charge is 0.385 e. The highest BCUT2D eigenvalue weighted by Gasteiger charge is 2.97. The summed E-state index contributed by atoms with van der Waals surface area (Å²) in [4.78, 5) is 10.00. The molecular formula is C15H7F21O2. The Morgan fingerprint density at radius 3 is 1.00 bits per heavy atom. The quantitative estimate of drug-likeness (QED) is 0.184. The third-order valence-corrected chi connectivity index (χ3v) is 4.53. The number of allylic oxidation sites excluding steroid dienone is 1. The van der Waals surface area contributed by atoms with E-state index in [9.17, 15) is 97.0 Å². The molecule has 0 bridgehead atoms. The summed E-state index contributed by atoms with van der Waals surface area (Å²) in [5.41, 5.74) is 0. The number of carboxylic acid groups (broad SMARTS) is 1. The van der Waals surface area contributed by atoms with Gasteiger partial charge in [0.25, 0.3) is 0 Å². The van der Waals surface area contributed by atoms with Crippen LogP contribution < -0.4 is 0 Å². The van der Waals surface area contributed by atoms with Crippen LogP contribution in [0.4, 0.5) is 92.2 Å². The van der Waals surface area contributed by atoms with Gasteiger partial charge in [0.15, 0.2) is 6.17 Å². The highest BCUT2D eigenvalue weighted by Crippen LogP contribution is 2.66. The van der Waals surface area contributed by atoms with Crippen molar-refractivity contribution in [2.45, 2.75) is 72.3 Å². The molecule has 0 spiro atoms. The Morgan fingerprint density at radius 2 is 0.763 bits per heavy atom. The van der Waals surface area contributed by atoms with E-state index < -0.39 is 90.4 Å². The van der Waals surface area contributed by atoms with Crippen LogP contribution in [0.15, 0.2) is 12.2 Å². The maximum Gasteiger partial charge on any atom is 0.385 e. The number of hydrogen-bond acceptors (Lipinski definition) is 1. The van der Waals surface area contributed by atoms with Gasteiger partial charge in [0.05, 0.1) is 0 Å². The molecule has 0 aliphatic heterocycles. The maximum atomic E-state index is 13.6. The van der Waals surface area contributed by atoms with Gasteiger partial charge in [-0.25, -0.2) is 9.18 Å². The van der Waals surface area contributed by atoms with Gasteiger partial charge in [0, 0.05) is 6.08 Å². The van der Waals surface area contributed by atoms with Crippen LogP contribution in [-0.2, 0) is 4.79 Å². The fraction of sp³-hybridized carbons (Fsp3) is 0.800. The van der Waals surface area contributed by atoms with E-state index in [0.717, 1.165) is 0 Å². The minimum Gasteiger partial charge on any atom is -0.478 e. The van der Waals surface area contributed by atoms with Gasteiger partial charge in [-0.3, -0.25) is 0 Å². The number of carbonyl (C=O) groups is 1. The molecule has 2 nitrogen and oxygen atoms in total. The van der Waals surface area contributed by atoms with Crippen molar-refractivity contribution in [3.05, 3.63) is 12.2 Å². The molecule has 0 saturated carbocycles. The van der Waals surface area contributed by atoms with Crippen LogP contribution >= 0.6 is 0 Å². The second-order valence-corrected chi connectivity index (χ2v) is 7.13. The lowest BCUT2D eigenvalue weighted by Crippen LogP contribution is -2.77. The van der Waals surface area contributed by atoms with Crippen LogP contribution in [0.25, 0.3) is 0 Å². The summed E-state index contributed by atoms with van der Waals surface area (Å²) in [6, 6.07) is 0. The van der Waals surface area contributed by atoms with Gasteiger partial charge in [0.2, 0.25) is 0 Å². The van der Waals surface area contributed by atoms with Crippen molar-refractivity contribution in [1.29, 1.82) is 0 Å². The Hall–Kier alpha value is -2.26. The van der Waals surface area contributed by atoms with E-state index in [1.807, 2.05) is 0 Å². The summed E-state index contributed by atoms with van der Waals surface area (Å²) in [5, 5.41) is 7.95. The summed E-state index contributed by atoms with van der Waals surface area (Å²) in [6.45, 7) is -0.815. The molecule has 226 valence electrons. The summed E-state index contributed by atoms with van der Waals surface area (Å²) < 4.78 is 281. The molecule has 0 fully saturated rings. The molecule has 0 aromatic carbocycles. The third-order valence-electron chi connectivity index (χ3n) is 4.53. The van der Waals surface area contributed by atoms with E-state index in [0.29, 0.717) is 0 Å². The molecule has 0 amide bonds. The van der Waals surface area contributed by atoms with Crippen LogP contribution in [0.1, 0.15) is 6.92 Å². The van der Waals surface area contributed by atoms with Crippen molar-refractivity contribution in [2.75, 3.05) is 0 Å². The van der Waals surface area contributed by atoms with Crippen LogP contribution in [0.2, 0.25) is 0 Å². The first-order valence-electron chi connectivity index (χ1n) is 8.45. The van der Waals surface area contributed by atoms with Gasteiger partial charge < -0.3 is 5.11 Å². The highest BCUT2D eigenvalue weighted by atomic mass is 19.4. The van der Waals surface area contributed by atoms with Crippen molar-refractivity contribution in [3.8, 4) is 0 Å². The molecule has 0 heterocycles. The normalized spacial score (nSPS) is 17.2. The predicted octanol–water partition coefficient (Wildman–Crippen LogP) is 7.34. The predicted molar refractivity (Wildman–Crippen MR) is 76.8 cm³/mol. The average Bonchev–Trinajstić information content (AvgIpc) is 2.70. The summed E-state index contributed by atoms with van der Waals surface area (Å²) >= 11 is 0. The van der Waals surface area contributed by atoms with Crippen molar-refractivity contribution in [1.82, 2.24) is 0 Å². The van der Waals surface area contributed by atoms with Crippen molar-refractivity contribution in [3.63, 3.8) is 0 Å². The Balaban J connectivity index is 7.16. The summed E-state index contributed by atoms with van der Waals surface area (Å²) in [5.74, 6) is -87.5. The van der Waals surface area contributed by atoms with E-state index in [4.69, 9.17) is 5.11 Å². The summed E-state index contributed by atoms with van der Waals surface area (Å²) in [7, 11) is 0. The molecule has 0 saturated heterocycles. The molecule has 0 aromatic rings. The number of carboxylic acids is 1. The van der Waals surface area contributed by atoms with Crippen LogP contribution in [0.5, 0.6) is 0 Å². The van der Waals surface area contributed by atoms with Crippen molar-refractivity contribution < 1.29 is 102 Å². The zero-order chi connectivity index (χ0) is 31.6. The first-order valence-corrected chi connectivity index (χ1v) is 8.45. The van der Waals surface area contributed by atoms with Crippen molar-refractivity contribution >= 4 is 5.97 Å².